The Kier molecular flexibility index (Phi) is 2.56. The average molecular weight is 262 g/mol. The molecule has 0 radical (unpaired) electrons. The predicted octanol–water partition coefficient (Wildman–Crippen LogP) is 1.13. The number of hydrogen-bond donors (Lipinski definition) is 2. The Morgan fingerprint density at radius 2 is 2.32 bits per heavy atom. The molecule has 1 aromatic heterocycles. The van der Waals surface area contributed by atoms with Gasteiger partial charge in [-0.25, -0.2) is 14.2 Å². The van der Waals surface area contributed by atoms with Gasteiger partial charge in [0.05, 0.1) is 24.0 Å². The highest BCUT2D eigenvalue weighted by Gasteiger charge is 2.21. The molecule has 0 fully saturated rings. The molecule has 7 heteroatoms. The van der Waals surface area contributed by atoms with E-state index < -0.39 is 18.1 Å². The zero-order chi connectivity index (χ0) is 13.6. The highest BCUT2D eigenvalue weighted by Crippen LogP contribution is 2.35. The van der Waals surface area contributed by atoms with Crippen molar-refractivity contribution in [2.45, 2.75) is 20.1 Å². The quantitative estimate of drug-likeness (QED) is 0.850. The van der Waals surface area contributed by atoms with E-state index in [2.05, 4.69) is 15.3 Å². The second kappa shape index (κ2) is 4.13. The Morgan fingerprint density at radius 3 is 3.00 bits per heavy atom. The Labute approximate surface area is 107 Å². The summed E-state index contributed by atoms with van der Waals surface area (Å²) in [5.41, 5.74) is 0.0668. The van der Waals surface area contributed by atoms with E-state index in [1.54, 1.807) is 6.92 Å². The first-order valence-electron chi connectivity index (χ1n) is 5.83. The molecule has 0 bridgehead atoms. The minimum atomic E-state index is -0.679. The molecule has 3 rings (SSSR count). The Hall–Kier alpha value is -2.28. The van der Waals surface area contributed by atoms with Crippen LogP contribution in [0.25, 0.3) is 10.9 Å². The number of anilines is 1. The third-order valence-electron chi connectivity index (χ3n) is 3.13. The molecule has 0 aliphatic carbocycles. The van der Waals surface area contributed by atoms with Gasteiger partial charge in [0.1, 0.15) is 11.3 Å². The largest absolute Gasteiger partial charge is 0.392 e. The summed E-state index contributed by atoms with van der Waals surface area (Å²) in [5, 5.41) is 12.5. The van der Waals surface area contributed by atoms with Crippen molar-refractivity contribution in [1.29, 1.82) is 0 Å². The molecule has 0 unspecified atom stereocenters. The molecular formula is C12H11FN4O2. The van der Waals surface area contributed by atoms with Crippen LogP contribution < -0.4 is 11.0 Å². The number of rotatable bonds is 2. The zero-order valence-electron chi connectivity index (χ0n) is 10.1. The van der Waals surface area contributed by atoms with Crippen LogP contribution in [0.3, 0.4) is 0 Å². The summed E-state index contributed by atoms with van der Waals surface area (Å²) in [6.07, 6.45) is 1.43. The van der Waals surface area contributed by atoms with Crippen LogP contribution in [0.5, 0.6) is 0 Å². The topological polar surface area (TPSA) is 79.5 Å². The number of aliphatic hydroxyl groups is 1. The van der Waals surface area contributed by atoms with Gasteiger partial charge < -0.3 is 10.4 Å². The van der Waals surface area contributed by atoms with Crippen LogP contribution in [-0.4, -0.2) is 21.0 Å². The van der Waals surface area contributed by atoms with Gasteiger partial charge in [0.15, 0.2) is 5.82 Å². The molecule has 1 aromatic carbocycles. The van der Waals surface area contributed by atoms with Crippen LogP contribution in [0, 0.1) is 5.82 Å². The van der Waals surface area contributed by atoms with Crippen molar-refractivity contribution in [1.82, 2.24) is 9.55 Å². The lowest BCUT2D eigenvalue weighted by Gasteiger charge is -2.17. The molecule has 6 nitrogen and oxygen atoms in total. The van der Waals surface area contributed by atoms with Gasteiger partial charge in [-0.15, -0.1) is 0 Å². The zero-order valence-corrected chi connectivity index (χ0v) is 10.1. The minimum absolute atomic E-state index is 0.0596. The van der Waals surface area contributed by atoms with Gasteiger partial charge >= 0.3 is 5.69 Å². The van der Waals surface area contributed by atoms with E-state index in [1.165, 1.54) is 17.0 Å². The standard InChI is InChI=1S/C12H11FN4O2/c1-2-17-11-8-7(14-5-15-11)3-6(4-18)9(13)10(8)16-12(17)19/h3,5,18H,2,4H2,1H3,(H,14,15). The highest BCUT2D eigenvalue weighted by atomic mass is 19.1. The third kappa shape index (κ3) is 1.55. The van der Waals surface area contributed by atoms with Crippen LogP contribution in [0.15, 0.2) is 15.9 Å². The number of hydrogen-bond acceptors (Lipinski definition) is 5. The van der Waals surface area contributed by atoms with Gasteiger partial charge in [0, 0.05) is 12.1 Å². The fraction of sp³-hybridized carbons (Fsp3) is 0.250. The van der Waals surface area contributed by atoms with E-state index >= 15 is 0 Å². The molecule has 1 aliphatic rings. The normalized spacial score (nSPS) is 12.8. The number of halogens is 1. The molecule has 0 spiro atoms. The van der Waals surface area contributed by atoms with Crippen LogP contribution in [0.2, 0.25) is 0 Å². The number of nitrogens with one attached hydrogen (secondary N) is 1. The van der Waals surface area contributed by atoms with Gasteiger partial charge in [0.25, 0.3) is 0 Å². The van der Waals surface area contributed by atoms with Crippen molar-refractivity contribution >= 4 is 28.7 Å². The lowest BCUT2D eigenvalue weighted by atomic mass is 10.1. The first-order valence-corrected chi connectivity index (χ1v) is 5.83. The van der Waals surface area contributed by atoms with E-state index in [0.717, 1.165) is 0 Å². The summed E-state index contributed by atoms with van der Waals surface area (Å²) < 4.78 is 15.5. The summed E-state index contributed by atoms with van der Waals surface area (Å²) in [7, 11) is 0. The van der Waals surface area contributed by atoms with E-state index in [-0.39, 0.29) is 11.1 Å². The molecule has 2 heterocycles. The van der Waals surface area contributed by atoms with Gasteiger partial charge in [0.2, 0.25) is 0 Å². The number of nitrogens with zero attached hydrogens (tertiary/aromatic N) is 3. The average Bonchev–Trinajstić information content (AvgIpc) is 2.42. The van der Waals surface area contributed by atoms with Crippen molar-refractivity contribution in [2.24, 2.45) is 4.99 Å². The third-order valence-corrected chi connectivity index (χ3v) is 3.13. The van der Waals surface area contributed by atoms with Crippen molar-refractivity contribution in [3.63, 3.8) is 0 Å². The SMILES string of the molecule is CCn1c2c3c(cc(CO)c(F)c3nc1=O)NC=N2. The van der Waals surface area contributed by atoms with Crippen LogP contribution >= 0.6 is 0 Å². The van der Waals surface area contributed by atoms with Crippen LogP contribution in [0.4, 0.5) is 15.9 Å². The summed E-state index contributed by atoms with van der Waals surface area (Å²) in [4.78, 5) is 19.7. The Balaban J connectivity index is 2.54. The minimum Gasteiger partial charge on any atom is -0.392 e. The molecule has 0 saturated carbocycles. The Bertz CT molecular complexity index is 767. The second-order valence-corrected chi connectivity index (χ2v) is 4.14. The second-order valence-electron chi connectivity index (χ2n) is 4.14. The van der Waals surface area contributed by atoms with Gasteiger partial charge in [-0.1, -0.05) is 0 Å². The Morgan fingerprint density at radius 1 is 1.53 bits per heavy atom. The fourth-order valence-corrected chi connectivity index (χ4v) is 2.22. The fourth-order valence-electron chi connectivity index (χ4n) is 2.22. The van der Waals surface area contributed by atoms with Crippen molar-refractivity contribution in [3.8, 4) is 0 Å². The molecule has 0 amide bonds. The molecule has 1 aliphatic heterocycles. The maximum Gasteiger partial charge on any atom is 0.349 e. The highest BCUT2D eigenvalue weighted by molar-refractivity contribution is 6.06. The van der Waals surface area contributed by atoms with Crippen molar-refractivity contribution < 1.29 is 9.50 Å². The number of aliphatic imine (C=N–C) groups is 1. The van der Waals surface area contributed by atoms with E-state index in [4.69, 9.17) is 5.11 Å². The van der Waals surface area contributed by atoms with Crippen LogP contribution in [-0.2, 0) is 13.2 Å². The lowest BCUT2D eigenvalue weighted by molar-refractivity contribution is 0.276. The maximum absolute atomic E-state index is 14.2. The molecular weight excluding hydrogens is 251 g/mol. The van der Waals surface area contributed by atoms with Crippen molar-refractivity contribution in [3.05, 3.63) is 27.9 Å². The number of benzene rings is 1. The molecule has 19 heavy (non-hydrogen) atoms. The number of aromatic nitrogens is 2. The van der Waals surface area contributed by atoms with Crippen molar-refractivity contribution in [2.75, 3.05) is 5.32 Å². The monoisotopic (exact) mass is 262 g/mol. The number of aliphatic hydroxyl groups excluding tert-OH is 1. The summed E-state index contributed by atoms with van der Waals surface area (Å²) in [5.74, 6) is -0.295. The van der Waals surface area contributed by atoms with E-state index in [0.29, 0.717) is 23.4 Å². The van der Waals surface area contributed by atoms with Gasteiger partial charge in [-0.2, -0.15) is 4.98 Å². The van der Waals surface area contributed by atoms with E-state index in [1.807, 2.05) is 0 Å². The molecule has 98 valence electrons. The van der Waals surface area contributed by atoms with Gasteiger partial charge in [-0.05, 0) is 13.0 Å². The first-order chi connectivity index (χ1) is 9.17. The van der Waals surface area contributed by atoms with Gasteiger partial charge in [-0.3, -0.25) is 4.57 Å². The summed E-state index contributed by atoms with van der Waals surface area (Å²) in [6.45, 7) is 1.74. The summed E-state index contributed by atoms with van der Waals surface area (Å²) in [6, 6.07) is 1.50. The van der Waals surface area contributed by atoms with E-state index in [9.17, 15) is 9.18 Å². The molecule has 2 aromatic rings. The molecule has 0 atom stereocenters. The first kappa shape index (κ1) is 11.8. The smallest absolute Gasteiger partial charge is 0.349 e. The lowest BCUT2D eigenvalue weighted by Crippen LogP contribution is -2.24. The predicted molar refractivity (Wildman–Crippen MR) is 69.3 cm³/mol. The molecule has 2 N–H and O–H groups in total. The van der Waals surface area contributed by atoms with Crippen LogP contribution in [0.1, 0.15) is 12.5 Å². The maximum atomic E-state index is 14.2. The summed E-state index contributed by atoms with van der Waals surface area (Å²) >= 11 is 0. The molecule has 0 saturated heterocycles.